The van der Waals surface area contributed by atoms with Gasteiger partial charge in [0, 0.05) is 11.9 Å². The first-order valence-corrected chi connectivity index (χ1v) is 5.53. The summed E-state index contributed by atoms with van der Waals surface area (Å²) >= 11 is 4.53. The highest BCUT2D eigenvalue weighted by Crippen LogP contribution is 2.04. The van der Waals surface area contributed by atoms with E-state index in [1.165, 1.54) is 11.9 Å². The summed E-state index contributed by atoms with van der Waals surface area (Å²) in [7, 11) is 0. The first-order chi connectivity index (χ1) is 6.20. The number of rotatable bonds is 2. The number of hydrogen-bond donors (Lipinski definition) is 1. The maximum Gasteiger partial charge on any atom is 0.216 e. The SMILES string of the molecule is CSNC=O.Cc1cccc(Br)n1. The fraction of sp³-hybridized carbons (Fsp3) is 0.250. The zero-order valence-electron chi connectivity index (χ0n) is 7.45. The first-order valence-electron chi connectivity index (χ1n) is 3.52. The monoisotopic (exact) mass is 262 g/mol. The van der Waals surface area contributed by atoms with Gasteiger partial charge in [-0.1, -0.05) is 18.0 Å². The van der Waals surface area contributed by atoms with Crippen molar-refractivity contribution in [1.82, 2.24) is 9.71 Å². The summed E-state index contributed by atoms with van der Waals surface area (Å²) in [5.74, 6) is 0. The summed E-state index contributed by atoms with van der Waals surface area (Å²) < 4.78 is 3.25. The normalized spacial score (nSPS) is 8.23. The molecule has 1 N–H and O–H groups in total. The van der Waals surface area contributed by atoms with Crippen molar-refractivity contribution in [1.29, 1.82) is 0 Å². The summed E-state index contributed by atoms with van der Waals surface area (Å²) in [5, 5.41) is 0. The van der Waals surface area contributed by atoms with E-state index in [2.05, 4.69) is 25.6 Å². The average Bonchev–Trinajstić information content (AvgIpc) is 2.06. The highest BCUT2D eigenvalue weighted by Gasteiger charge is 1.83. The molecule has 0 saturated heterocycles. The zero-order valence-corrected chi connectivity index (χ0v) is 9.85. The van der Waals surface area contributed by atoms with E-state index in [0.717, 1.165) is 10.3 Å². The lowest BCUT2D eigenvalue weighted by atomic mass is 10.4. The topological polar surface area (TPSA) is 42.0 Å². The van der Waals surface area contributed by atoms with Crippen LogP contribution in [-0.2, 0) is 4.79 Å². The summed E-state index contributed by atoms with van der Waals surface area (Å²) in [6.45, 7) is 1.96. The highest BCUT2D eigenvalue weighted by atomic mass is 79.9. The van der Waals surface area contributed by atoms with E-state index in [9.17, 15) is 4.79 Å². The molecule has 0 saturated carbocycles. The van der Waals surface area contributed by atoms with Crippen LogP contribution in [0.25, 0.3) is 0 Å². The minimum absolute atomic E-state index is 0.644. The molecule has 1 aromatic rings. The van der Waals surface area contributed by atoms with Crippen molar-refractivity contribution < 1.29 is 4.79 Å². The fourth-order valence-corrected chi connectivity index (χ4v) is 1.09. The third kappa shape index (κ3) is 7.80. The molecule has 0 radical (unpaired) electrons. The van der Waals surface area contributed by atoms with E-state index < -0.39 is 0 Å². The van der Waals surface area contributed by atoms with Crippen LogP contribution in [0.2, 0.25) is 0 Å². The van der Waals surface area contributed by atoms with Gasteiger partial charge in [0.1, 0.15) is 4.60 Å². The Morgan fingerprint density at radius 1 is 1.62 bits per heavy atom. The molecule has 0 fully saturated rings. The Kier molecular flexibility index (Phi) is 7.73. The number of nitrogens with one attached hydrogen (secondary N) is 1. The van der Waals surface area contributed by atoms with E-state index in [1.54, 1.807) is 6.26 Å². The van der Waals surface area contributed by atoms with Gasteiger partial charge in [-0.25, -0.2) is 4.98 Å². The van der Waals surface area contributed by atoms with Gasteiger partial charge in [0.2, 0.25) is 6.41 Å². The lowest BCUT2D eigenvalue weighted by Crippen LogP contribution is -1.93. The van der Waals surface area contributed by atoms with Gasteiger partial charge in [-0.3, -0.25) is 4.79 Å². The van der Waals surface area contributed by atoms with E-state index >= 15 is 0 Å². The number of pyridine rings is 1. The lowest BCUT2D eigenvalue weighted by molar-refractivity contribution is -0.107. The highest BCUT2D eigenvalue weighted by molar-refractivity contribution is 9.10. The van der Waals surface area contributed by atoms with Gasteiger partial charge in [-0.15, -0.1) is 0 Å². The molecule has 0 aliphatic carbocycles. The largest absolute Gasteiger partial charge is 0.303 e. The Morgan fingerprint density at radius 2 is 2.31 bits per heavy atom. The molecule has 72 valence electrons. The maximum absolute atomic E-state index is 9.27. The van der Waals surface area contributed by atoms with Gasteiger partial charge in [0.25, 0.3) is 0 Å². The van der Waals surface area contributed by atoms with Crippen LogP contribution in [-0.4, -0.2) is 17.6 Å². The van der Waals surface area contributed by atoms with Crippen LogP contribution in [0.5, 0.6) is 0 Å². The number of aromatic nitrogens is 1. The molecule has 3 nitrogen and oxygen atoms in total. The second-order valence-electron chi connectivity index (χ2n) is 2.04. The van der Waals surface area contributed by atoms with Crippen molar-refractivity contribution in [3.63, 3.8) is 0 Å². The molecule has 1 aromatic heterocycles. The fourth-order valence-electron chi connectivity index (χ4n) is 0.558. The third-order valence-corrected chi connectivity index (χ3v) is 1.79. The van der Waals surface area contributed by atoms with Crippen LogP contribution in [0.3, 0.4) is 0 Å². The molecule has 0 aliphatic heterocycles. The molecular weight excluding hydrogens is 252 g/mol. The predicted octanol–water partition coefficient (Wildman–Crippen LogP) is 2.16. The number of nitrogens with zero attached hydrogens (tertiary/aromatic N) is 1. The van der Waals surface area contributed by atoms with Crippen molar-refractivity contribution in [2.45, 2.75) is 6.92 Å². The maximum atomic E-state index is 9.27. The van der Waals surface area contributed by atoms with Crippen LogP contribution in [0.1, 0.15) is 5.69 Å². The molecule has 0 aromatic carbocycles. The molecule has 5 heteroatoms. The smallest absolute Gasteiger partial charge is 0.216 e. The van der Waals surface area contributed by atoms with Crippen LogP contribution >= 0.6 is 27.9 Å². The van der Waals surface area contributed by atoms with Gasteiger partial charge in [0.15, 0.2) is 0 Å². The minimum Gasteiger partial charge on any atom is -0.303 e. The minimum atomic E-state index is 0.644. The van der Waals surface area contributed by atoms with Gasteiger partial charge >= 0.3 is 0 Å². The Morgan fingerprint density at radius 3 is 2.54 bits per heavy atom. The Balaban J connectivity index is 0.000000252. The molecular formula is C8H11BrN2OS. The van der Waals surface area contributed by atoms with Crippen molar-refractivity contribution in [3.05, 3.63) is 28.5 Å². The average molecular weight is 263 g/mol. The van der Waals surface area contributed by atoms with Crippen LogP contribution in [0.15, 0.2) is 22.8 Å². The number of carbonyl (C=O) groups excluding carboxylic acids is 1. The molecule has 0 bridgehead atoms. The Hall–Kier alpha value is -0.550. The quantitative estimate of drug-likeness (QED) is 0.505. The summed E-state index contributed by atoms with van der Waals surface area (Å²) in [6, 6.07) is 5.84. The van der Waals surface area contributed by atoms with Gasteiger partial charge in [0.05, 0.1) is 0 Å². The van der Waals surface area contributed by atoms with E-state index in [4.69, 9.17) is 0 Å². The van der Waals surface area contributed by atoms with Gasteiger partial charge in [-0.05, 0) is 35.0 Å². The van der Waals surface area contributed by atoms with E-state index in [-0.39, 0.29) is 0 Å². The predicted molar refractivity (Wildman–Crippen MR) is 59.4 cm³/mol. The van der Waals surface area contributed by atoms with Gasteiger partial charge in [-0.2, -0.15) is 0 Å². The summed E-state index contributed by atoms with van der Waals surface area (Å²) in [4.78, 5) is 13.4. The third-order valence-electron chi connectivity index (χ3n) is 1.02. The second kappa shape index (κ2) is 8.07. The number of aryl methyl sites for hydroxylation is 1. The van der Waals surface area contributed by atoms with E-state index in [0.29, 0.717) is 6.41 Å². The van der Waals surface area contributed by atoms with Crippen LogP contribution in [0, 0.1) is 6.92 Å². The van der Waals surface area contributed by atoms with Crippen molar-refractivity contribution >= 4 is 34.3 Å². The molecule has 0 aliphatic rings. The first kappa shape index (κ1) is 12.4. The van der Waals surface area contributed by atoms with Crippen molar-refractivity contribution in [2.24, 2.45) is 0 Å². The molecule has 1 heterocycles. The van der Waals surface area contributed by atoms with Crippen LogP contribution < -0.4 is 4.72 Å². The van der Waals surface area contributed by atoms with Crippen molar-refractivity contribution in [2.75, 3.05) is 6.26 Å². The van der Waals surface area contributed by atoms with Gasteiger partial charge < -0.3 is 4.72 Å². The molecule has 1 rings (SSSR count). The van der Waals surface area contributed by atoms with E-state index in [1.807, 2.05) is 25.1 Å². The van der Waals surface area contributed by atoms with Crippen LogP contribution in [0.4, 0.5) is 0 Å². The number of carbonyl (C=O) groups is 1. The molecule has 1 amide bonds. The number of amides is 1. The number of halogens is 1. The van der Waals surface area contributed by atoms with Crippen molar-refractivity contribution in [3.8, 4) is 0 Å². The molecule has 13 heavy (non-hydrogen) atoms. The standard InChI is InChI=1S/C6H6BrN.C2H5NOS/c1-5-3-2-4-6(7)8-5;1-5-3-2-4/h2-4H,1H3;2H,1H3,(H,3,4). The lowest BCUT2D eigenvalue weighted by Gasteiger charge is -1.88. The summed E-state index contributed by atoms with van der Waals surface area (Å²) in [5.41, 5.74) is 1.04. The summed E-state index contributed by atoms with van der Waals surface area (Å²) in [6.07, 6.45) is 2.43. The second-order valence-corrected chi connectivity index (χ2v) is 3.50. The molecule has 0 unspecified atom stereocenters. The number of hydrogen-bond acceptors (Lipinski definition) is 3. The zero-order chi connectivity index (χ0) is 10.1. The Labute approximate surface area is 90.6 Å². The Bertz CT molecular complexity index is 240. The molecule has 0 atom stereocenters. The molecule has 0 spiro atoms.